The summed E-state index contributed by atoms with van der Waals surface area (Å²) in [7, 11) is 1.61. The predicted octanol–water partition coefficient (Wildman–Crippen LogP) is 2.60. The zero-order valence-electron chi connectivity index (χ0n) is 14.4. The molecule has 2 rings (SSSR count). The molecule has 0 fully saturated rings. The number of methoxy groups -OCH3 is 1. The molecule has 2 aromatic rings. The number of hydrogen-bond donors (Lipinski definition) is 2. The topological polar surface area (TPSA) is 76.7 Å². The summed E-state index contributed by atoms with van der Waals surface area (Å²) in [4.78, 5) is 24.3. The van der Waals surface area contributed by atoms with Crippen LogP contribution in [0.5, 0.6) is 5.75 Å². The first-order valence-corrected chi connectivity index (χ1v) is 8.01. The number of para-hydroxylation sites is 1. The fourth-order valence-electron chi connectivity index (χ4n) is 2.30. The second-order valence-corrected chi connectivity index (χ2v) is 5.29. The Morgan fingerprint density at radius 2 is 1.88 bits per heavy atom. The normalized spacial score (nSPS) is 10.2. The van der Waals surface area contributed by atoms with Gasteiger partial charge in [-0.1, -0.05) is 24.3 Å². The monoisotopic (exact) mass is 342 g/mol. The van der Waals surface area contributed by atoms with Crippen molar-refractivity contribution in [3.63, 3.8) is 0 Å². The summed E-state index contributed by atoms with van der Waals surface area (Å²) in [5, 5.41) is 5.35. The van der Waals surface area contributed by atoms with E-state index in [1.54, 1.807) is 37.4 Å². The summed E-state index contributed by atoms with van der Waals surface area (Å²) in [5.74, 6) is -0.167. The molecule has 6 nitrogen and oxygen atoms in total. The van der Waals surface area contributed by atoms with Crippen molar-refractivity contribution in [3.8, 4) is 5.75 Å². The molecule has 2 amide bonds. The van der Waals surface area contributed by atoms with Crippen molar-refractivity contribution in [2.24, 2.45) is 0 Å². The summed E-state index contributed by atoms with van der Waals surface area (Å²) < 4.78 is 10.5. The quantitative estimate of drug-likeness (QED) is 0.773. The minimum absolute atomic E-state index is 0.131. The van der Waals surface area contributed by atoms with E-state index in [9.17, 15) is 9.59 Å². The van der Waals surface area contributed by atoms with Crippen LogP contribution in [-0.2, 0) is 16.1 Å². The number of amides is 2. The minimum atomic E-state index is -0.354. The molecule has 0 unspecified atom stereocenters. The van der Waals surface area contributed by atoms with Gasteiger partial charge in [0.2, 0.25) is 5.91 Å². The van der Waals surface area contributed by atoms with Crippen LogP contribution in [0, 0.1) is 0 Å². The molecule has 0 heterocycles. The van der Waals surface area contributed by atoms with Gasteiger partial charge >= 0.3 is 0 Å². The average Bonchev–Trinajstić information content (AvgIpc) is 2.61. The molecule has 0 aromatic heterocycles. The molecule has 0 saturated heterocycles. The molecule has 0 aliphatic heterocycles. The molecule has 2 aromatic carbocycles. The van der Waals surface area contributed by atoms with Crippen LogP contribution in [0.1, 0.15) is 22.8 Å². The van der Waals surface area contributed by atoms with Crippen LogP contribution >= 0.6 is 0 Å². The Bertz CT molecular complexity index is 731. The van der Waals surface area contributed by atoms with Gasteiger partial charge in [-0.25, -0.2) is 0 Å². The van der Waals surface area contributed by atoms with E-state index in [1.807, 2.05) is 25.1 Å². The number of anilines is 1. The minimum Gasteiger partial charge on any atom is -0.493 e. The number of rotatable bonds is 8. The van der Waals surface area contributed by atoms with Gasteiger partial charge in [-0.05, 0) is 36.8 Å². The molecule has 0 bridgehead atoms. The van der Waals surface area contributed by atoms with E-state index in [4.69, 9.17) is 9.47 Å². The van der Waals surface area contributed by atoms with Gasteiger partial charge in [-0.2, -0.15) is 0 Å². The third kappa shape index (κ3) is 5.61. The highest BCUT2D eigenvalue weighted by Crippen LogP contribution is 2.17. The van der Waals surface area contributed by atoms with Gasteiger partial charge < -0.3 is 20.1 Å². The maximum absolute atomic E-state index is 12.2. The molecule has 2 N–H and O–H groups in total. The van der Waals surface area contributed by atoms with E-state index >= 15 is 0 Å². The first kappa shape index (κ1) is 18.5. The van der Waals surface area contributed by atoms with Crippen LogP contribution in [0.4, 0.5) is 5.69 Å². The Labute approximate surface area is 147 Å². The second-order valence-electron chi connectivity index (χ2n) is 5.29. The first-order chi connectivity index (χ1) is 12.1. The molecule has 0 aliphatic rings. The van der Waals surface area contributed by atoms with Gasteiger partial charge in [0.25, 0.3) is 5.91 Å². The van der Waals surface area contributed by atoms with Gasteiger partial charge in [-0.3, -0.25) is 9.59 Å². The van der Waals surface area contributed by atoms with Crippen molar-refractivity contribution in [1.29, 1.82) is 0 Å². The fourth-order valence-corrected chi connectivity index (χ4v) is 2.30. The Morgan fingerprint density at radius 1 is 1.08 bits per heavy atom. The number of carbonyl (C=O) groups excluding carboxylic acids is 2. The molecular weight excluding hydrogens is 320 g/mol. The van der Waals surface area contributed by atoms with Crippen LogP contribution in [0.15, 0.2) is 48.5 Å². The van der Waals surface area contributed by atoms with Gasteiger partial charge in [-0.15, -0.1) is 0 Å². The van der Waals surface area contributed by atoms with Crippen molar-refractivity contribution >= 4 is 17.5 Å². The van der Waals surface area contributed by atoms with Crippen molar-refractivity contribution in [2.45, 2.75) is 13.5 Å². The highest BCUT2D eigenvalue weighted by molar-refractivity contribution is 6.00. The largest absolute Gasteiger partial charge is 0.493 e. The van der Waals surface area contributed by atoms with Crippen LogP contribution < -0.4 is 15.4 Å². The molecule has 0 spiro atoms. The summed E-state index contributed by atoms with van der Waals surface area (Å²) >= 11 is 0. The van der Waals surface area contributed by atoms with Crippen LogP contribution in [0.3, 0.4) is 0 Å². The summed E-state index contributed by atoms with van der Waals surface area (Å²) in [6.45, 7) is 2.64. The van der Waals surface area contributed by atoms with Crippen LogP contribution in [0.25, 0.3) is 0 Å². The predicted molar refractivity (Wildman–Crippen MR) is 95.7 cm³/mol. The van der Waals surface area contributed by atoms with Crippen LogP contribution in [-0.4, -0.2) is 32.1 Å². The number of benzene rings is 2. The highest BCUT2D eigenvalue weighted by atomic mass is 16.5. The lowest BCUT2D eigenvalue weighted by molar-refractivity contribution is -0.115. The highest BCUT2D eigenvalue weighted by Gasteiger charge is 2.13. The zero-order chi connectivity index (χ0) is 18.1. The van der Waals surface area contributed by atoms with E-state index in [-0.39, 0.29) is 18.4 Å². The number of hydrogen-bond acceptors (Lipinski definition) is 4. The zero-order valence-corrected chi connectivity index (χ0v) is 14.4. The number of carbonyl (C=O) groups is 2. The first-order valence-electron chi connectivity index (χ1n) is 8.01. The fraction of sp³-hybridized carbons (Fsp3) is 0.263. The van der Waals surface area contributed by atoms with Gasteiger partial charge in [0.05, 0.1) is 25.3 Å². The van der Waals surface area contributed by atoms with Crippen LogP contribution in [0.2, 0.25) is 0 Å². The molecule has 0 saturated carbocycles. The van der Waals surface area contributed by atoms with Crippen molar-refractivity contribution in [3.05, 3.63) is 59.7 Å². The van der Waals surface area contributed by atoms with E-state index < -0.39 is 0 Å². The summed E-state index contributed by atoms with van der Waals surface area (Å²) in [5.41, 5.74) is 2.01. The van der Waals surface area contributed by atoms with Gasteiger partial charge in [0, 0.05) is 12.8 Å². The Morgan fingerprint density at radius 3 is 2.64 bits per heavy atom. The maximum atomic E-state index is 12.2. The van der Waals surface area contributed by atoms with Crippen molar-refractivity contribution in [2.75, 3.05) is 25.6 Å². The lowest BCUT2D eigenvalue weighted by atomic mass is 10.2. The SMILES string of the molecule is CCOc1ccccc1C(=O)NCC(=O)Nc1cccc(COC)c1. The molecule has 132 valence electrons. The number of ether oxygens (including phenoxy) is 2. The van der Waals surface area contributed by atoms with E-state index in [2.05, 4.69) is 10.6 Å². The molecular formula is C19H22N2O4. The second kappa shape index (κ2) is 9.44. The lowest BCUT2D eigenvalue weighted by Crippen LogP contribution is -2.33. The molecule has 0 atom stereocenters. The standard InChI is InChI=1S/C19H22N2O4/c1-3-25-17-10-5-4-9-16(17)19(23)20-12-18(22)21-15-8-6-7-14(11-15)13-24-2/h4-11H,3,12-13H2,1-2H3,(H,20,23)(H,21,22). The van der Waals surface area contributed by atoms with E-state index in [0.29, 0.717) is 30.2 Å². The lowest BCUT2D eigenvalue weighted by Gasteiger charge is -2.11. The number of nitrogens with one attached hydrogen (secondary N) is 2. The Hall–Kier alpha value is -2.86. The van der Waals surface area contributed by atoms with Gasteiger partial charge in [0.15, 0.2) is 0 Å². The van der Waals surface area contributed by atoms with E-state index in [1.165, 1.54) is 0 Å². The molecule has 25 heavy (non-hydrogen) atoms. The summed E-state index contributed by atoms with van der Waals surface area (Å²) in [6, 6.07) is 14.3. The van der Waals surface area contributed by atoms with E-state index in [0.717, 1.165) is 5.56 Å². The third-order valence-electron chi connectivity index (χ3n) is 3.36. The molecule has 6 heteroatoms. The smallest absolute Gasteiger partial charge is 0.255 e. The molecule has 0 radical (unpaired) electrons. The Balaban J connectivity index is 1.91. The maximum Gasteiger partial charge on any atom is 0.255 e. The third-order valence-corrected chi connectivity index (χ3v) is 3.36. The van der Waals surface area contributed by atoms with Crippen molar-refractivity contribution in [1.82, 2.24) is 5.32 Å². The van der Waals surface area contributed by atoms with Gasteiger partial charge in [0.1, 0.15) is 5.75 Å². The summed E-state index contributed by atoms with van der Waals surface area (Å²) in [6.07, 6.45) is 0. The average molecular weight is 342 g/mol. The molecule has 0 aliphatic carbocycles. The Kier molecular flexibility index (Phi) is 6.98. The van der Waals surface area contributed by atoms with Crippen molar-refractivity contribution < 1.29 is 19.1 Å².